The van der Waals surface area contributed by atoms with Crippen LogP contribution >= 0.6 is 0 Å². The van der Waals surface area contributed by atoms with Gasteiger partial charge in [-0.2, -0.15) is 5.10 Å². The second-order valence-electron chi connectivity index (χ2n) is 3.91. The standard InChI is InChI=1S/C12H13N3O3/c1-15(7-11(16)18-2)12(17)8-3-4-10-9(5-8)6-13-14-10/h3-6H,7H2,1-2H3,(H,13,14). The number of aromatic nitrogens is 2. The fourth-order valence-electron chi connectivity index (χ4n) is 1.63. The lowest BCUT2D eigenvalue weighted by molar-refractivity contribution is -0.141. The van der Waals surface area contributed by atoms with E-state index >= 15 is 0 Å². The molecule has 0 radical (unpaired) electrons. The summed E-state index contributed by atoms with van der Waals surface area (Å²) in [5.74, 6) is -0.682. The lowest BCUT2D eigenvalue weighted by Gasteiger charge is -2.15. The molecule has 0 aliphatic rings. The first-order chi connectivity index (χ1) is 8.61. The summed E-state index contributed by atoms with van der Waals surface area (Å²) >= 11 is 0. The molecule has 2 aromatic rings. The second kappa shape index (κ2) is 4.87. The Morgan fingerprint density at radius 2 is 2.22 bits per heavy atom. The molecule has 1 amide bonds. The number of nitrogens with zero attached hydrogens (tertiary/aromatic N) is 2. The van der Waals surface area contributed by atoms with Crippen LogP contribution in [0.4, 0.5) is 0 Å². The van der Waals surface area contributed by atoms with Crippen LogP contribution in [0.25, 0.3) is 10.9 Å². The molecule has 6 heteroatoms. The molecule has 0 saturated heterocycles. The Morgan fingerprint density at radius 3 is 2.94 bits per heavy atom. The zero-order chi connectivity index (χ0) is 13.1. The van der Waals surface area contributed by atoms with Crippen LogP contribution in [0.2, 0.25) is 0 Å². The maximum Gasteiger partial charge on any atom is 0.325 e. The van der Waals surface area contributed by atoms with Crippen molar-refractivity contribution in [2.45, 2.75) is 0 Å². The number of hydrogen-bond acceptors (Lipinski definition) is 4. The Kier molecular flexibility index (Phi) is 3.27. The Hall–Kier alpha value is -2.37. The van der Waals surface area contributed by atoms with Crippen molar-refractivity contribution in [2.24, 2.45) is 0 Å². The zero-order valence-corrected chi connectivity index (χ0v) is 10.1. The van der Waals surface area contributed by atoms with E-state index in [9.17, 15) is 9.59 Å². The van der Waals surface area contributed by atoms with Gasteiger partial charge in [0.1, 0.15) is 6.54 Å². The number of hydrogen-bond donors (Lipinski definition) is 1. The molecule has 6 nitrogen and oxygen atoms in total. The minimum atomic E-state index is -0.449. The summed E-state index contributed by atoms with van der Waals surface area (Å²) in [6.07, 6.45) is 1.65. The molecular weight excluding hydrogens is 234 g/mol. The third-order valence-electron chi connectivity index (χ3n) is 2.63. The van der Waals surface area contributed by atoms with Gasteiger partial charge in [0.25, 0.3) is 5.91 Å². The summed E-state index contributed by atoms with van der Waals surface area (Å²) in [6, 6.07) is 5.20. The van der Waals surface area contributed by atoms with Crippen molar-refractivity contribution >= 4 is 22.8 Å². The number of H-pyrrole nitrogens is 1. The van der Waals surface area contributed by atoms with Crippen molar-refractivity contribution in [2.75, 3.05) is 20.7 Å². The van der Waals surface area contributed by atoms with E-state index in [4.69, 9.17) is 0 Å². The van der Waals surface area contributed by atoms with E-state index in [2.05, 4.69) is 14.9 Å². The van der Waals surface area contributed by atoms with Crippen molar-refractivity contribution in [3.63, 3.8) is 0 Å². The number of fused-ring (bicyclic) bond motifs is 1. The molecule has 0 spiro atoms. The molecule has 0 saturated carbocycles. The summed E-state index contributed by atoms with van der Waals surface area (Å²) in [6.45, 7) is -0.0707. The molecule has 18 heavy (non-hydrogen) atoms. The van der Waals surface area contributed by atoms with Gasteiger partial charge in [0, 0.05) is 18.0 Å². The van der Waals surface area contributed by atoms with Crippen LogP contribution in [-0.2, 0) is 9.53 Å². The third-order valence-corrected chi connectivity index (χ3v) is 2.63. The summed E-state index contributed by atoms with van der Waals surface area (Å²) in [5.41, 5.74) is 1.37. The Labute approximate surface area is 104 Å². The number of benzene rings is 1. The number of carbonyl (C=O) groups excluding carboxylic acids is 2. The number of aromatic amines is 1. The van der Waals surface area contributed by atoms with E-state index in [1.165, 1.54) is 12.0 Å². The Balaban J connectivity index is 2.19. The highest BCUT2D eigenvalue weighted by Crippen LogP contribution is 2.14. The first-order valence-electron chi connectivity index (χ1n) is 5.37. The smallest absolute Gasteiger partial charge is 0.325 e. The Morgan fingerprint density at radius 1 is 1.44 bits per heavy atom. The average molecular weight is 247 g/mol. The maximum absolute atomic E-state index is 12.0. The molecule has 2 rings (SSSR count). The van der Waals surface area contributed by atoms with Crippen molar-refractivity contribution in [1.29, 1.82) is 0 Å². The largest absolute Gasteiger partial charge is 0.468 e. The lowest BCUT2D eigenvalue weighted by atomic mass is 10.1. The molecule has 1 aromatic heterocycles. The molecule has 0 atom stereocenters. The molecule has 0 unspecified atom stereocenters. The number of amides is 1. The van der Waals surface area contributed by atoms with Gasteiger partial charge < -0.3 is 9.64 Å². The van der Waals surface area contributed by atoms with Crippen LogP contribution in [-0.4, -0.2) is 47.7 Å². The topological polar surface area (TPSA) is 75.3 Å². The quantitative estimate of drug-likeness (QED) is 0.814. The predicted octanol–water partition coefficient (Wildman–Crippen LogP) is 0.808. The first kappa shape index (κ1) is 12.1. The molecule has 94 valence electrons. The number of likely N-dealkylation sites (N-methyl/N-ethyl adjacent to an activating group) is 1. The number of methoxy groups -OCH3 is 1. The van der Waals surface area contributed by atoms with Gasteiger partial charge in [0.15, 0.2) is 0 Å². The van der Waals surface area contributed by atoms with Crippen LogP contribution in [0, 0.1) is 0 Å². The molecule has 1 aromatic carbocycles. The van der Waals surface area contributed by atoms with Crippen LogP contribution < -0.4 is 0 Å². The van der Waals surface area contributed by atoms with Gasteiger partial charge in [-0.05, 0) is 18.2 Å². The summed E-state index contributed by atoms with van der Waals surface area (Å²) in [7, 11) is 2.84. The number of rotatable bonds is 3. The number of nitrogens with one attached hydrogen (secondary N) is 1. The molecule has 0 aliphatic carbocycles. The van der Waals surface area contributed by atoms with Gasteiger partial charge in [-0.25, -0.2) is 0 Å². The molecule has 1 N–H and O–H groups in total. The fraction of sp³-hybridized carbons (Fsp3) is 0.250. The molecule has 0 fully saturated rings. The average Bonchev–Trinajstić information content (AvgIpc) is 2.84. The van der Waals surface area contributed by atoms with E-state index in [0.717, 1.165) is 10.9 Å². The highest BCUT2D eigenvalue weighted by molar-refractivity contribution is 5.98. The van der Waals surface area contributed by atoms with Gasteiger partial charge in [-0.15, -0.1) is 0 Å². The second-order valence-corrected chi connectivity index (χ2v) is 3.91. The van der Waals surface area contributed by atoms with E-state index in [1.54, 1.807) is 31.4 Å². The third kappa shape index (κ3) is 2.32. The maximum atomic E-state index is 12.0. The van der Waals surface area contributed by atoms with E-state index in [-0.39, 0.29) is 12.5 Å². The van der Waals surface area contributed by atoms with E-state index < -0.39 is 5.97 Å². The van der Waals surface area contributed by atoms with Gasteiger partial charge in [-0.3, -0.25) is 14.7 Å². The predicted molar refractivity (Wildman–Crippen MR) is 65.1 cm³/mol. The van der Waals surface area contributed by atoms with Crippen LogP contribution in [0.1, 0.15) is 10.4 Å². The van der Waals surface area contributed by atoms with Gasteiger partial charge in [0.2, 0.25) is 0 Å². The number of ether oxygens (including phenoxy) is 1. The minimum absolute atomic E-state index is 0.0707. The lowest BCUT2D eigenvalue weighted by Crippen LogP contribution is -2.32. The van der Waals surface area contributed by atoms with Crippen molar-refractivity contribution in [1.82, 2.24) is 15.1 Å². The van der Waals surface area contributed by atoms with Crippen LogP contribution in [0.3, 0.4) is 0 Å². The normalized spacial score (nSPS) is 10.3. The highest BCUT2D eigenvalue weighted by Gasteiger charge is 2.15. The van der Waals surface area contributed by atoms with Gasteiger partial charge in [0.05, 0.1) is 18.8 Å². The SMILES string of the molecule is COC(=O)CN(C)C(=O)c1ccc2[nH]ncc2c1. The monoisotopic (exact) mass is 247 g/mol. The molecular formula is C12H13N3O3. The summed E-state index contributed by atoms with van der Waals surface area (Å²) in [4.78, 5) is 24.5. The van der Waals surface area contributed by atoms with Crippen molar-refractivity contribution in [3.05, 3.63) is 30.0 Å². The molecule has 0 aliphatic heterocycles. The van der Waals surface area contributed by atoms with Gasteiger partial charge >= 0.3 is 5.97 Å². The molecule has 1 heterocycles. The first-order valence-corrected chi connectivity index (χ1v) is 5.37. The summed E-state index contributed by atoms with van der Waals surface area (Å²) < 4.78 is 4.52. The van der Waals surface area contributed by atoms with E-state index in [0.29, 0.717) is 5.56 Å². The number of carbonyl (C=O) groups is 2. The van der Waals surface area contributed by atoms with Crippen molar-refractivity contribution < 1.29 is 14.3 Å². The minimum Gasteiger partial charge on any atom is -0.468 e. The van der Waals surface area contributed by atoms with Crippen molar-refractivity contribution in [3.8, 4) is 0 Å². The zero-order valence-electron chi connectivity index (χ0n) is 10.1. The summed E-state index contributed by atoms with van der Waals surface area (Å²) in [5, 5.41) is 7.55. The molecule has 0 bridgehead atoms. The fourth-order valence-corrected chi connectivity index (χ4v) is 1.63. The van der Waals surface area contributed by atoms with E-state index in [1.807, 2.05) is 0 Å². The number of esters is 1. The highest BCUT2D eigenvalue weighted by atomic mass is 16.5. The van der Waals surface area contributed by atoms with Crippen LogP contribution in [0.5, 0.6) is 0 Å². The Bertz CT molecular complexity index is 591. The van der Waals surface area contributed by atoms with Crippen LogP contribution in [0.15, 0.2) is 24.4 Å². The van der Waals surface area contributed by atoms with Gasteiger partial charge in [-0.1, -0.05) is 0 Å².